The van der Waals surface area contributed by atoms with Gasteiger partial charge in [0.15, 0.2) is 0 Å². The summed E-state index contributed by atoms with van der Waals surface area (Å²) in [5.74, 6) is -0.398. The van der Waals surface area contributed by atoms with Gasteiger partial charge in [-0.2, -0.15) is 0 Å². The molecule has 0 spiro atoms. The Morgan fingerprint density at radius 2 is 1.97 bits per heavy atom. The number of hydrogen-bond acceptors (Lipinski definition) is 4. The van der Waals surface area contributed by atoms with Crippen molar-refractivity contribution in [2.24, 2.45) is 0 Å². The molecule has 4 rings (SSSR count). The number of benzene rings is 1. The van der Waals surface area contributed by atoms with Crippen molar-refractivity contribution in [3.8, 4) is 0 Å². The highest BCUT2D eigenvalue weighted by molar-refractivity contribution is 6.01. The zero-order chi connectivity index (χ0) is 23.4. The fourth-order valence-electron chi connectivity index (χ4n) is 4.76. The largest absolute Gasteiger partial charge is 0.373 e. The minimum absolute atomic E-state index is 0.0350. The number of rotatable bonds is 7. The van der Waals surface area contributed by atoms with E-state index in [0.717, 1.165) is 30.5 Å². The maximum Gasteiger partial charge on any atom is 0.270 e. The third kappa shape index (κ3) is 4.95. The molecule has 1 aromatic heterocycles. The molecule has 3 amide bonds. The summed E-state index contributed by atoms with van der Waals surface area (Å²) in [5.41, 5.74) is 2.79. The number of nitrogens with zero attached hydrogens (tertiary/aromatic N) is 2. The lowest BCUT2D eigenvalue weighted by atomic mass is 10.0. The van der Waals surface area contributed by atoms with Crippen LogP contribution in [0.25, 0.3) is 0 Å². The van der Waals surface area contributed by atoms with Gasteiger partial charge in [0, 0.05) is 32.6 Å². The van der Waals surface area contributed by atoms with Crippen LogP contribution in [0.3, 0.4) is 0 Å². The fraction of sp³-hybridized carbons (Fsp3) is 0.480. The van der Waals surface area contributed by atoms with Gasteiger partial charge in [0.05, 0.1) is 30.5 Å². The molecule has 2 aliphatic rings. The highest BCUT2D eigenvalue weighted by Gasteiger charge is 2.34. The van der Waals surface area contributed by atoms with Crippen molar-refractivity contribution >= 4 is 17.7 Å². The second-order valence-corrected chi connectivity index (χ2v) is 8.67. The van der Waals surface area contributed by atoms with Gasteiger partial charge in [0.1, 0.15) is 5.69 Å². The summed E-state index contributed by atoms with van der Waals surface area (Å²) >= 11 is 0. The molecule has 2 atom stereocenters. The van der Waals surface area contributed by atoms with Gasteiger partial charge in [-0.05, 0) is 30.9 Å². The lowest BCUT2D eigenvalue weighted by Crippen LogP contribution is -2.43. The molecule has 2 aromatic rings. The van der Waals surface area contributed by atoms with Crippen molar-refractivity contribution < 1.29 is 19.1 Å². The molecular weight excluding hydrogens is 420 g/mol. The number of nitrogens with one attached hydrogen (secondary N) is 2. The molecule has 0 unspecified atom stereocenters. The molecule has 1 fully saturated rings. The average molecular weight is 453 g/mol. The molecule has 176 valence electrons. The van der Waals surface area contributed by atoms with Crippen molar-refractivity contribution in [3.05, 3.63) is 58.9 Å². The number of aromatic nitrogens is 1. The van der Waals surface area contributed by atoms with Crippen LogP contribution in [-0.2, 0) is 22.7 Å². The first-order valence-electron chi connectivity index (χ1n) is 11.7. The van der Waals surface area contributed by atoms with Gasteiger partial charge in [-0.1, -0.05) is 37.3 Å². The van der Waals surface area contributed by atoms with E-state index in [1.807, 2.05) is 46.7 Å². The number of hydrogen-bond donors (Lipinski definition) is 2. The Balaban J connectivity index is 1.58. The van der Waals surface area contributed by atoms with E-state index < -0.39 is 0 Å². The van der Waals surface area contributed by atoms with Crippen LogP contribution in [0.5, 0.6) is 0 Å². The second kappa shape index (κ2) is 10.2. The van der Waals surface area contributed by atoms with Crippen LogP contribution in [0.2, 0.25) is 0 Å². The Kier molecular flexibility index (Phi) is 7.13. The average Bonchev–Trinajstić information content (AvgIpc) is 3.46. The van der Waals surface area contributed by atoms with Crippen LogP contribution in [0.15, 0.2) is 36.4 Å². The number of carbonyl (C=O) groups is 3. The van der Waals surface area contributed by atoms with E-state index in [1.165, 1.54) is 6.92 Å². The standard InChI is InChI=1S/C25H32N4O4/c1-3-21(18-8-5-4-6-9-18)27-24(31)20-14-22(29-12-13-33-16-23(20)29)25(32)28-11-7-10-19(28)15-26-17(2)30/h4-6,8-9,14,19,21H,3,7,10-13,15-16H2,1-2H3,(H,26,30)(H,27,31)/t19-,21-/m1/s1. The summed E-state index contributed by atoms with van der Waals surface area (Å²) in [4.78, 5) is 40.0. The van der Waals surface area contributed by atoms with E-state index in [9.17, 15) is 14.4 Å². The van der Waals surface area contributed by atoms with E-state index in [4.69, 9.17) is 4.74 Å². The van der Waals surface area contributed by atoms with Crippen LogP contribution in [0.1, 0.15) is 71.3 Å². The zero-order valence-corrected chi connectivity index (χ0v) is 19.3. The minimum atomic E-state index is -0.199. The molecule has 0 aliphatic carbocycles. The van der Waals surface area contributed by atoms with E-state index in [2.05, 4.69) is 10.6 Å². The predicted octanol–water partition coefficient (Wildman–Crippen LogP) is 2.64. The molecule has 8 nitrogen and oxygen atoms in total. The zero-order valence-electron chi connectivity index (χ0n) is 19.3. The Morgan fingerprint density at radius 1 is 1.18 bits per heavy atom. The number of ether oxygens (including phenoxy) is 1. The van der Waals surface area contributed by atoms with Crippen molar-refractivity contribution in [3.63, 3.8) is 0 Å². The van der Waals surface area contributed by atoms with E-state index >= 15 is 0 Å². The van der Waals surface area contributed by atoms with Crippen LogP contribution in [0, 0.1) is 0 Å². The molecule has 1 saturated heterocycles. The Bertz CT molecular complexity index is 1020. The molecular formula is C25H32N4O4. The molecule has 33 heavy (non-hydrogen) atoms. The van der Waals surface area contributed by atoms with Crippen molar-refractivity contribution in [1.29, 1.82) is 0 Å². The van der Waals surface area contributed by atoms with Crippen molar-refractivity contribution in [1.82, 2.24) is 20.1 Å². The summed E-state index contributed by atoms with van der Waals surface area (Å²) < 4.78 is 7.56. The van der Waals surface area contributed by atoms with Crippen molar-refractivity contribution in [2.45, 2.75) is 58.3 Å². The summed E-state index contributed by atoms with van der Waals surface area (Å²) in [6.45, 7) is 5.94. The molecule has 0 bridgehead atoms. The first kappa shape index (κ1) is 23.0. The first-order chi connectivity index (χ1) is 16.0. The molecule has 1 aromatic carbocycles. The Hall–Kier alpha value is -3.13. The van der Waals surface area contributed by atoms with Crippen molar-refractivity contribution in [2.75, 3.05) is 19.7 Å². The molecule has 3 heterocycles. The van der Waals surface area contributed by atoms with Crippen LogP contribution in [0.4, 0.5) is 0 Å². The molecule has 2 N–H and O–H groups in total. The smallest absolute Gasteiger partial charge is 0.270 e. The molecule has 2 aliphatic heterocycles. The topological polar surface area (TPSA) is 92.7 Å². The molecule has 0 saturated carbocycles. The Labute approximate surface area is 194 Å². The van der Waals surface area contributed by atoms with E-state index in [0.29, 0.717) is 44.1 Å². The Morgan fingerprint density at radius 3 is 2.70 bits per heavy atom. The number of carbonyl (C=O) groups excluding carboxylic acids is 3. The van der Waals surface area contributed by atoms with Gasteiger partial charge in [0.25, 0.3) is 11.8 Å². The maximum atomic E-state index is 13.5. The second-order valence-electron chi connectivity index (χ2n) is 8.67. The summed E-state index contributed by atoms with van der Waals surface area (Å²) in [5, 5.41) is 5.96. The molecule has 0 radical (unpaired) electrons. The third-order valence-electron chi connectivity index (χ3n) is 6.51. The van der Waals surface area contributed by atoms with Gasteiger partial charge in [0.2, 0.25) is 5.91 Å². The van der Waals surface area contributed by atoms with Crippen LogP contribution in [-0.4, -0.2) is 52.9 Å². The fourth-order valence-corrected chi connectivity index (χ4v) is 4.76. The SMILES string of the molecule is CC[C@@H](NC(=O)c1cc(C(=O)N2CCC[C@@H]2CNC(C)=O)n2c1COCC2)c1ccccc1. The highest BCUT2D eigenvalue weighted by Crippen LogP contribution is 2.26. The van der Waals surface area contributed by atoms with Gasteiger partial charge < -0.3 is 24.8 Å². The first-order valence-corrected chi connectivity index (χ1v) is 11.7. The highest BCUT2D eigenvalue weighted by atomic mass is 16.5. The van der Waals surface area contributed by atoms with Crippen LogP contribution >= 0.6 is 0 Å². The summed E-state index contributed by atoms with van der Waals surface area (Å²) in [6.07, 6.45) is 2.51. The monoisotopic (exact) mass is 452 g/mol. The quantitative estimate of drug-likeness (QED) is 0.676. The maximum absolute atomic E-state index is 13.5. The summed E-state index contributed by atoms with van der Waals surface area (Å²) in [7, 11) is 0. The van der Waals surface area contributed by atoms with Gasteiger partial charge >= 0.3 is 0 Å². The van der Waals surface area contributed by atoms with E-state index in [1.54, 1.807) is 6.07 Å². The van der Waals surface area contributed by atoms with Crippen LogP contribution < -0.4 is 10.6 Å². The third-order valence-corrected chi connectivity index (χ3v) is 6.51. The number of fused-ring (bicyclic) bond motifs is 1. The lowest BCUT2D eigenvalue weighted by Gasteiger charge is -2.26. The van der Waals surface area contributed by atoms with Gasteiger partial charge in [-0.15, -0.1) is 0 Å². The normalized spacial score (nSPS) is 18.5. The number of amides is 3. The number of likely N-dealkylation sites (tertiary alicyclic amines) is 1. The summed E-state index contributed by atoms with van der Waals surface area (Å²) in [6, 6.07) is 11.5. The van der Waals surface area contributed by atoms with Gasteiger partial charge in [-0.25, -0.2) is 0 Å². The lowest BCUT2D eigenvalue weighted by molar-refractivity contribution is -0.119. The molecule has 8 heteroatoms. The van der Waals surface area contributed by atoms with Gasteiger partial charge in [-0.3, -0.25) is 14.4 Å². The minimum Gasteiger partial charge on any atom is -0.373 e. The predicted molar refractivity (Wildman–Crippen MR) is 124 cm³/mol. The van der Waals surface area contributed by atoms with E-state index in [-0.39, 0.29) is 29.8 Å².